The van der Waals surface area contributed by atoms with E-state index in [1.807, 2.05) is 30.3 Å². The van der Waals surface area contributed by atoms with E-state index in [9.17, 15) is 0 Å². The summed E-state index contributed by atoms with van der Waals surface area (Å²) < 4.78 is 5.43. The van der Waals surface area contributed by atoms with Crippen molar-refractivity contribution in [2.24, 2.45) is 0 Å². The summed E-state index contributed by atoms with van der Waals surface area (Å²) in [6, 6.07) is 9.79. The molecule has 1 aliphatic heterocycles. The zero-order valence-electron chi connectivity index (χ0n) is 10.4. The molecule has 0 amide bonds. The first-order valence-electron chi connectivity index (χ1n) is 6.17. The number of hydrogen-bond donors (Lipinski definition) is 2. The number of ether oxygens (including phenoxy) is 1. The Morgan fingerprint density at radius 2 is 2.22 bits per heavy atom. The van der Waals surface area contributed by atoms with E-state index in [2.05, 4.69) is 17.2 Å². The molecule has 2 heterocycles. The Morgan fingerprint density at radius 1 is 1.33 bits per heavy atom. The molecule has 1 atom stereocenters. The lowest BCUT2D eigenvalue weighted by atomic mass is 10.0. The molecule has 0 saturated carbocycles. The molecule has 0 aliphatic carbocycles. The van der Waals surface area contributed by atoms with Gasteiger partial charge in [0, 0.05) is 17.7 Å². The van der Waals surface area contributed by atoms with Gasteiger partial charge in [-0.25, -0.2) is 4.98 Å². The number of fused-ring (bicyclic) bond motifs is 1. The Balaban J connectivity index is 1.91. The van der Waals surface area contributed by atoms with Gasteiger partial charge in [0.2, 0.25) is 0 Å². The molecular formula is C14H17N3O. The maximum absolute atomic E-state index is 5.76. The van der Waals surface area contributed by atoms with E-state index < -0.39 is 0 Å². The van der Waals surface area contributed by atoms with Crippen molar-refractivity contribution in [3.63, 3.8) is 0 Å². The van der Waals surface area contributed by atoms with Crippen molar-refractivity contribution in [3.8, 4) is 0 Å². The number of nitrogens with zero attached hydrogens (tertiary/aromatic N) is 1. The Bertz CT molecular complexity index is 576. The molecule has 1 unspecified atom stereocenters. The van der Waals surface area contributed by atoms with Crippen LogP contribution in [0.5, 0.6) is 0 Å². The topological polar surface area (TPSA) is 60.2 Å². The van der Waals surface area contributed by atoms with Crippen LogP contribution in [0.25, 0.3) is 10.9 Å². The van der Waals surface area contributed by atoms with E-state index in [4.69, 9.17) is 10.5 Å². The number of nitrogens with one attached hydrogen (secondary N) is 1. The highest BCUT2D eigenvalue weighted by Gasteiger charge is 2.29. The summed E-state index contributed by atoms with van der Waals surface area (Å²) in [7, 11) is 0. The molecule has 2 aromatic rings. The van der Waals surface area contributed by atoms with Crippen molar-refractivity contribution in [3.05, 3.63) is 30.3 Å². The largest absolute Gasteiger partial charge is 0.399 e. The van der Waals surface area contributed by atoms with Crippen LogP contribution in [0.2, 0.25) is 0 Å². The predicted octanol–water partition coefficient (Wildman–Crippen LogP) is 2.41. The summed E-state index contributed by atoms with van der Waals surface area (Å²) in [4.78, 5) is 4.60. The number of benzene rings is 1. The van der Waals surface area contributed by atoms with Crippen LogP contribution in [0.4, 0.5) is 11.5 Å². The number of anilines is 2. The molecule has 3 rings (SSSR count). The summed E-state index contributed by atoms with van der Waals surface area (Å²) in [6.07, 6.45) is 1.01. The third kappa shape index (κ3) is 2.11. The molecule has 4 nitrogen and oxygen atoms in total. The van der Waals surface area contributed by atoms with Crippen LogP contribution < -0.4 is 11.1 Å². The summed E-state index contributed by atoms with van der Waals surface area (Å²) in [5.74, 6) is 0.889. The quantitative estimate of drug-likeness (QED) is 0.795. The second kappa shape index (κ2) is 4.14. The van der Waals surface area contributed by atoms with Crippen molar-refractivity contribution in [2.45, 2.75) is 18.9 Å². The summed E-state index contributed by atoms with van der Waals surface area (Å²) >= 11 is 0. The summed E-state index contributed by atoms with van der Waals surface area (Å²) in [5, 5.41) is 4.52. The number of aromatic nitrogens is 1. The minimum absolute atomic E-state index is 0.00547. The Morgan fingerprint density at radius 3 is 3.00 bits per heavy atom. The molecular weight excluding hydrogens is 226 g/mol. The van der Waals surface area contributed by atoms with Gasteiger partial charge in [0.1, 0.15) is 5.82 Å². The first-order valence-corrected chi connectivity index (χ1v) is 6.17. The van der Waals surface area contributed by atoms with E-state index in [1.54, 1.807) is 0 Å². The summed E-state index contributed by atoms with van der Waals surface area (Å²) in [6.45, 7) is 3.71. The zero-order chi connectivity index (χ0) is 12.6. The number of rotatable bonds is 2. The molecule has 0 spiro atoms. The molecule has 3 N–H and O–H groups in total. The van der Waals surface area contributed by atoms with E-state index in [1.165, 1.54) is 0 Å². The van der Waals surface area contributed by atoms with Gasteiger partial charge in [-0.2, -0.15) is 0 Å². The number of nitrogens with two attached hydrogens (primary N) is 1. The molecule has 0 bridgehead atoms. The van der Waals surface area contributed by atoms with E-state index in [0.717, 1.165) is 42.0 Å². The molecule has 4 heteroatoms. The fourth-order valence-electron chi connectivity index (χ4n) is 2.29. The number of pyridine rings is 1. The van der Waals surface area contributed by atoms with E-state index in [0.29, 0.717) is 0 Å². The second-order valence-corrected chi connectivity index (χ2v) is 5.14. The Kier molecular flexibility index (Phi) is 2.59. The molecule has 1 aromatic carbocycles. The van der Waals surface area contributed by atoms with Gasteiger partial charge in [0.05, 0.1) is 17.7 Å². The maximum Gasteiger partial charge on any atom is 0.127 e. The smallest absolute Gasteiger partial charge is 0.127 e. The molecule has 1 aliphatic rings. The van der Waals surface area contributed by atoms with Gasteiger partial charge in [0.15, 0.2) is 0 Å². The lowest BCUT2D eigenvalue weighted by Crippen LogP contribution is -2.35. The SMILES string of the molecule is CC1(Nc2ccc3cc(N)ccc3n2)CCOC1. The summed E-state index contributed by atoms with van der Waals surface area (Å²) in [5.41, 5.74) is 7.47. The van der Waals surface area contributed by atoms with Crippen LogP contribution >= 0.6 is 0 Å². The average Bonchev–Trinajstić information content (AvgIpc) is 2.76. The van der Waals surface area contributed by atoms with Crippen LogP contribution in [0, 0.1) is 0 Å². The standard InChI is InChI=1S/C14H17N3O/c1-14(6-7-18-9-14)17-13-5-2-10-8-11(15)3-4-12(10)16-13/h2-5,8H,6-7,9,15H2,1H3,(H,16,17). The molecule has 1 fully saturated rings. The third-order valence-electron chi connectivity index (χ3n) is 3.36. The highest BCUT2D eigenvalue weighted by molar-refractivity contribution is 5.83. The van der Waals surface area contributed by atoms with Gasteiger partial charge in [-0.15, -0.1) is 0 Å². The van der Waals surface area contributed by atoms with Crippen molar-refractivity contribution in [1.29, 1.82) is 0 Å². The highest BCUT2D eigenvalue weighted by Crippen LogP contribution is 2.24. The van der Waals surface area contributed by atoms with Crippen LogP contribution in [-0.2, 0) is 4.74 Å². The van der Waals surface area contributed by atoms with Gasteiger partial charge in [0.25, 0.3) is 0 Å². The highest BCUT2D eigenvalue weighted by atomic mass is 16.5. The van der Waals surface area contributed by atoms with Crippen LogP contribution in [0.3, 0.4) is 0 Å². The predicted molar refractivity (Wildman–Crippen MR) is 73.6 cm³/mol. The maximum atomic E-state index is 5.76. The van der Waals surface area contributed by atoms with E-state index >= 15 is 0 Å². The normalized spacial score (nSPS) is 23.4. The molecule has 0 radical (unpaired) electrons. The van der Waals surface area contributed by atoms with Crippen molar-refractivity contribution < 1.29 is 4.74 Å². The number of nitrogen functional groups attached to an aromatic ring is 1. The zero-order valence-corrected chi connectivity index (χ0v) is 10.4. The van der Waals surface area contributed by atoms with Crippen LogP contribution in [0.1, 0.15) is 13.3 Å². The van der Waals surface area contributed by atoms with Crippen LogP contribution in [-0.4, -0.2) is 23.7 Å². The van der Waals surface area contributed by atoms with Gasteiger partial charge < -0.3 is 15.8 Å². The lowest BCUT2D eigenvalue weighted by Gasteiger charge is -2.24. The van der Waals surface area contributed by atoms with Crippen LogP contribution in [0.15, 0.2) is 30.3 Å². The molecule has 1 saturated heterocycles. The fraction of sp³-hybridized carbons (Fsp3) is 0.357. The van der Waals surface area contributed by atoms with Gasteiger partial charge >= 0.3 is 0 Å². The molecule has 18 heavy (non-hydrogen) atoms. The van der Waals surface area contributed by atoms with Gasteiger partial charge in [-0.05, 0) is 43.7 Å². The lowest BCUT2D eigenvalue weighted by molar-refractivity contribution is 0.185. The van der Waals surface area contributed by atoms with E-state index in [-0.39, 0.29) is 5.54 Å². The Labute approximate surface area is 106 Å². The first kappa shape index (κ1) is 11.3. The monoisotopic (exact) mass is 243 g/mol. The van der Waals surface area contributed by atoms with Gasteiger partial charge in [-0.3, -0.25) is 0 Å². The first-order chi connectivity index (χ1) is 8.65. The van der Waals surface area contributed by atoms with Crippen molar-refractivity contribution in [2.75, 3.05) is 24.3 Å². The second-order valence-electron chi connectivity index (χ2n) is 5.14. The number of hydrogen-bond acceptors (Lipinski definition) is 4. The third-order valence-corrected chi connectivity index (χ3v) is 3.36. The molecule has 1 aromatic heterocycles. The minimum atomic E-state index is -0.00547. The van der Waals surface area contributed by atoms with Crippen molar-refractivity contribution >= 4 is 22.4 Å². The fourth-order valence-corrected chi connectivity index (χ4v) is 2.29. The minimum Gasteiger partial charge on any atom is -0.399 e. The van der Waals surface area contributed by atoms with Gasteiger partial charge in [-0.1, -0.05) is 0 Å². The Hall–Kier alpha value is -1.81. The molecule has 94 valence electrons. The van der Waals surface area contributed by atoms with Crippen molar-refractivity contribution in [1.82, 2.24) is 4.98 Å². The average molecular weight is 243 g/mol.